The Morgan fingerprint density at radius 2 is 0.909 bits per heavy atom. The van der Waals surface area contributed by atoms with E-state index in [0.717, 1.165) is 38.5 Å². The number of aliphatic hydroxyl groups is 3. The summed E-state index contributed by atoms with van der Waals surface area (Å²) in [7, 11) is 0. The third-order valence-corrected chi connectivity index (χ3v) is 9.12. The van der Waals surface area contributed by atoms with Crippen LogP contribution in [0.25, 0.3) is 0 Å². The molecule has 0 heterocycles. The van der Waals surface area contributed by atoms with E-state index in [1.54, 1.807) is 0 Å². The molecule has 0 aliphatic carbocycles. The summed E-state index contributed by atoms with van der Waals surface area (Å²) in [5.41, 5.74) is 0. The van der Waals surface area contributed by atoms with Crippen molar-refractivity contribution in [1.29, 1.82) is 0 Å². The van der Waals surface area contributed by atoms with Crippen molar-refractivity contribution >= 4 is 5.91 Å². The van der Waals surface area contributed by atoms with Gasteiger partial charge in [0.05, 0.1) is 18.8 Å². The van der Waals surface area contributed by atoms with Crippen LogP contribution in [0.5, 0.6) is 0 Å². The Hall–Kier alpha value is -0.910. The summed E-state index contributed by atoms with van der Waals surface area (Å²) in [6.45, 7) is 4.16. The second-order valence-corrected chi connectivity index (χ2v) is 13.5. The van der Waals surface area contributed by atoms with Gasteiger partial charge in [-0.05, 0) is 38.5 Å². The topological polar surface area (TPSA) is 89.8 Å². The number of carbonyl (C=O) groups is 1. The highest BCUT2D eigenvalue weighted by Gasteiger charge is 2.26. The largest absolute Gasteiger partial charge is 0.394 e. The van der Waals surface area contributed by atoms with Crippen molar-refractivity contribution in [3.05, 3.63) is 12.2 Å². The minimum atomic E-state index is -1.13. The molecule has 0 saturated carbocycles. The molecule has 0 aliphatic heterocycles. The van der Waals surface area contributed by atoms with E-state index in [4.69, 9.17) is 0 Å². The SMILES string of the molecule is CCCCCCCC/C=C\CCCCCCCCCC(=O)NC(CO)C(O)C(O)CCCCCCCCCCCCCCC. The number of allylic oxidation sites excluding steroid dienone is 2. The second kappa shape index (κ2) is 35.0. The van der Waals surface area contributed by atoms with Gasteiger partial charge in [0, 0.05) is 6.42 Å². The van der Waals surface area contributed by atoms with Crippen LogP contribution >= 0.6 is 0 Å². The third kappa shape index (κ3) is 29.8. The summed E-state index contributed by atoms with van der Waals surface area (Å²) in [5.74, 6) is -0.149. The van der Waals surface area contributed by atoms with E-state index in [0.29, 0.717) is 12.8 Å². The van der Waals surface area contributed by atoms with Crippen LogP contribution in [0.2, 0.25) is 0 Å². The number of carbonyl (C=O) groups excluding carboxylic acids is 1. The molecule has 3 atom stereocenters. The van der Waals surface area contributed by atoms with E-state index in [2.05, 4.69) is 31.3 Å². The molecule has 0 aromatic carbocycles. The van der Waals surface area contributed by atoms with E-state index in [1.165, 1.54) is 141 Å². The number of amides is 1. The Morgan fingerprint density at radius 3 is 1.32 bits per heavy atom. The molecule has 44 heavy (non-hydrogen) atoms. The molecule has 0 aromatic heterocycles. The lowest BCUT2D eigenvalue weighted by Gasteiger charge is -2.26. The summed E-state index contributed by atoms with van der Waals surface area (Å²) in [6, 6.07) is -0.806. The Labute approximate surface area is 274 Å². The van der Waals surface area contributed by atoms with Gasteiger partial charge in [0.2, 0.25) is 5.91 Å². The lowest BCUT2D eigenvalue weighted by atomic mass is 9.99. The van der Waals surface area contributed by atoms with E-state index in [-0.39, 0.29) is 12.5 Å². The average Bonchev–Trinajstić information content (AvgIpc) is 3.03. The number of unbranched alkanes of at least 4 members (excludes halogenated alkanes) is 25. The van der Waals surface area contributed by atoms with Crippen molar-refractivity contribution < 1.29 is 20.1 Å². The zero-order chi connectivity index (χ0) is 32.4. The van der Waals surface area contributed by atoms with Crippen LogP contribution in [0.15, 0.2) is 12.2 Å². The lowest BCUT2D eigenvalue weighted by molar-refractivity contribution is -0.124. The Bertz CT molecular complexity index is 611. The van der Waals surface area contributed by atoms with Gasteiger partial charge in [0.25, 0.3) is 0 Å². The quantitative estimate of drug-likeness (QED) is 0.0418. The maximum absolute atomic E-state index is 12.4. The summed E-state index contributed by atoms with van der Waals surface area (Å²) in [5, 5.41) is 33.4. The van der Waals surface area contributed by atoms with Crippen LogP contribution in [0.4, 0.5) is 0 Å². The smallest absolute Gasteiger partial charge is 0.220 e. The minimum absolute atomic E-state index is 0.149. The number of aliphatic hydroxyl groups excluding tert-OH is 3. The fourth-order valence-corrected chi connectivity index (χ4v) is 6.04. The number of hydrogen-bond donors (Lipinski definition) is 4. The predicted octanol–water partition coefficient (Wildman–Crippen LogP) is 10.5. The van der Waals surface area contributed by atoms with Crippen molar-refractivity contribution in [3.8, 4) is 0 Å². The van der Waals surface area contributed by atoms with E-state index < -0.39 is 18.2 Å². The van der Waals surface area contributed by atoms with Crippen molar-refractivity contribution in [2.24, 2.45) is 0 Å². The summed E-state index contributed by atoms with van der Waals surface area (Å²) in [4.78, 5) is 12.4. The van der Waals surface area contributed by atoms with Crippen LogP contribution in [0.3, 0.4) is 0 Å². The van der Waals surface area contributed by atoms with Gasteiger partial charge < -0.3 is 20.6 Å². The molecule has 3 unspecified atom stereocenters. The molecule has 0 aliphatic rings. The molecule has 5 heteroatoms. The van der Waals surface area contributed by atoms with Crippen LogP contribution in [-0.4, -0.2) is 46.1 Å². The van der Waals surface area contributed by atoms with Crippen LogP contribution in [-0.2, 0) is 4.79 Å². The van der Waals surface area contributed by atoms with Gasteiger partial charge in [-0.15, -0.1) is 0 Å². The maximum atomic E-state index is 12.4. The van der Waals surface area contributed by atoms with Gasteiger partial charge in [-0.2, -0.15) is 0 Å². The van der Waals surface area contributed by atoms with Crippen molar-refractivity contribution in [1.82, 2.24) is 5.32 Å². The van der Waals surface area contributed by atoms with Crippen LogP contribution in [0.1, 0.15) is 206 Å². The molecule has 0 aromatic rings. The van der Waals surface area contributed by atoms with Gasteiger partial charge >= 0.3 is 0 Å². The van der Waals surface area contributed by atoms with Crippen molar-refractivity contribution in [3.63, 3.8) is 0 Å². The van der Waals surface area contributed by atoms with Gasteiger partial charge in [-0.25, -0.2) is 0 Å². The van der Waals surface area contributed by atoms with Gasteiger partial charge in [-0.1, -0.05) is 174 Å². The highest BCUT2D eigenvalue weighted by atomic mass is 16.3. The van der Waals surface area contributed by atoms with Gasteiger partial charge in [0.1, 0.15) is 6.10 Å². The first kappa shape index (κ1) is 43.1. The minimum Gasteiger partial charge on any atom is -0.394 e. The molecule has 4 N–H and O–H groups in total. The lowest BCUT2D eigenvalue weighted by Crippen LogP contribution is -2.50. The molecule has 0 fully saturated rings. The summed E-state index contributed by atoms with van der Waals surface area (Å²) < 4.78 is 0. The Balaban J connectivity index is 3.66. The van der Waals surface area contributed by atoms with Crippen LogP contribution < -0.4 is 5.32 Å². The molecule has 0 rings (SSSR count). The first-order chi connectivity index (χ1) is 21.6. The monoisotopic (exact) mass is 624 g/mol. The molecular weight excluding hydrogens is 546 g/mol. The van der Waals surface area contributed by atoms with Crippen molar-refractivity contribution in [2.75, 3.05) is 6.61 Å². The van der Waals surface area contributed by atoms with Crippen LogP contribution in [0, 0.1) is 0 Å². The highest BCUT2D eigenvalue weighted by molar-refractivity contribution is 5.76. The molecular formula is C39H77NO4. The first-order valence-corrected chi connectivity index (χ1v) is 19.5. The van der Waals surface area contributed by atoms with Gasteiger partial charge in [-0.3, -0.25) is 4.79 Å². The third-order valence-electron chi connectivity index (χ3n) is 9.12. The highest BCUT2D eigenvalue weighted by Crippen LogP contribution is 2.16. The van der Waals surface area contributed by atoms with E-state index in [1.807, 2.05) is 0 Å². The molecule has 5 nitrogen and oxygen atoms in total. The fraction of sp³-hybridized carbons (Fsp3) is 0.923. The normalized spacial score (nSPS) is 13.8. The first-order valence-electron chi connectivity index (χ1n) is 19.5. The standard InChI is InChI=1S/C39H77NO4/c1-3-5-7-9-11-13-15-17-18-19-20-22-24-26-28-30-32-34-38(43)40-36(35-41)39(44)37(42)33-31-29-27-25-23-21-16-14-12-10-8-6-4-2/h17-18,36-37,39,41-42,44H,3-16,19-35H2,1-2H3,(H,40,43)/b18-17-. The van der Waals surface area contributed by atoms with E-state index in [9.17, 15) is 20.1 Å². The van der Waals surface area contributed by atoms with E-state index >= 15 is 0 Å². The zero-order valence-corrected chi connectivity index (χ0v) is 29.6. The fourth-order valence-electron chi connectivity index (χ4n) is 6.04. The molecule has 0 saturated heterocycles. The zero-order valence-electron chi connectivity index (χ0n) is 29.6. The maximum Gasteiger partial charge on any atom is 0.220 e. The molecule has 1 amide bonds. The number of hydrogen-bond acceptors (Lipinski definition) is 4. The summed E-state index contributed by atoms with van der Waals surface area (Å²) >= 11 is 0. The Kier molecular flexibility index (Phi) is 34.2. The Morgan fingerprint density at radius 1 is 0.545 bits per heavy atom. The predicted molar refractivity (Wildman–Crippen MR) is 190 cm³/mol. The summed E-state index contributed by atoms with van der Waals surface area (Å²) in [6.07, 6.45) is 38.7. The number of nitrogens with one attached hydrogen (secondary N) is 1. The second-order valence-electron chi connectivity index (χ2n) is 13.5. The average molecular weight is 624 g/mol. The van der Waals surface area contributed by atoms with Crippen molar-refractivity contribution in [2.45, 2.75) is 225 Å². The van der Waals surface area contributed by atoms with Gasteiger partial charge in [0.15, 0.2) is 0 Å². The molecule has 262 valence electrons. The molecule has 0 bridgehead atoms. The number of rotatable bonds is 35. The molecule has 0 spiro atoms. The molecule has 0 radical (unpaired) electrons.